The fraction of sp³-hybridized carbons (Fsp3) is 0.542. The molecule has 1 aromatic heterocycles. The number of fused-ring (bicyclic) bond motifs is 2. The zero-order valence-electron chi connectivity index (χ0n) is 18.4. The molecule has 2 aromatic rings. The van der Waals surface area contributed by atoms with E-state index in [4.69, 9.17) is 10.5 Å². The maximum Gasteiger partial charge on any atom is 0.254 e. The first-order chi connectivity index (χ1) is 15.9. The van der Waals surface area contributed by atoms with Gasteiger partial charge in [-0.25, -0.2) is 4.98 Å². The van der Waals surface area contributed by atoms with Gasteiger partial charge in [0.15, 0.2) is 0 Å². The lowest BCUT2D eigenvalue weighted by molar-refractivity contribution is -0.284. The number of hydrogen-bond donors (Lipinski definition) is 5. The van der Waals surface area contributed by atoms with Crippen molar-refractivity contribution in [1.29, 1.82) is 0 Å². The molecule has 4 saturated carbocycles. The number of primary amides is 1. The van der Waals surface area contributed by atoms with E-state index in [0.717, 1.165) is 49.4 Å². The SMILES string of the molecule is NC(=O)c1cnc(Nc2ccc3c(c2)NCCCO3)nc1NC12CC3CC4CC(O)(C1)C34C2. The number of anilines is 4. The highest BCUT2D eigenvalue weighted by Gasteiger charge is 2.84. The van der Waals surface area contributed by atoms with E-state index in [1.54, 1.807) is 0 Å². The number of benzene rings is 1. The van der Waals surface area contributed by atoms with E-state index in [2.05, 4.69) is 25.9 Å². The molecular formula is C24H28N6O3. The maximum absolute atomic E-state index is 12.1. The summed E-state index contributed by atoms with van der Waals surface area (Å²) in [6, 6.07) is 5.81. The van der Waals surface area contributed by atoms with Crippen LogP contribution in [0.2, 0.25) is 0 Å². The van der Waals surface area contributed by atoms with Crippen LogP contribution in [0.1, 0.15) is 48.9 Å². The van der Waals surface area contributed by atoms with Gasteiger partial charge in [0, 0.05) is 29.4 Å². The molecule has 2 heterocycles. The molecule has 9 heteroatoms. The highest BCUT2D eigenvalue weighted by atomic mass is 16.5. The van der Waals surface area contributed by atoms with Gasteiger partial charge in [-0.1, -0.05) is 0 Å². The number of carbonyl (C=O) groups is 1. The van der Waals surface area contributed by atoms with Crippen molar-refractivity contribution in [2.45, 2.75) is 49.7 Å². The Labute approximate surface area is 191 Å². The third-order valence-electron chi connectivity index (χ3n) is 8.94. The van der Waals surface area contributed by atoms with E-state index in [9.17, 15) is 9.90 Å². The first kappa shape index (κ1) is 19.4. The number of aromatic nitrogens is 2. The lowest BCUT2D eigenvalue weighted by Crippen LogP contribution is -2.71. The van der Waals surface area contributed by atoms with Crippen LogP contribution >= 0.6 is 0 Å². The highest BCUT2D eigenvalue weighted by Crippen LogP contribution is 2.83. The van der Waals surface area contributed by atoms with Crippen LogP contribution in [-0.2, 0) is 0 Å². The van der Waals surface area contributed by atoms with Crippen LogP contribution in [0.3, 0.4) is 0 Å². The molecule has 4 fully saturated rings. The van der Waals surface area contributed by atoms with Gasteiger partial charge in [0.25, 0.3) is 5.91 Å². The van der Waals surface area contributed by atoms with Gasteiger partial charge in [-0.3, -0.25) is 4.79 Å². The molecule has 5 unspecified atom stereocenters. The average molecular weight is 449 g/mol. The van der Waals surface area contributed by atoms with E-state index >= 15 is 0 Å². The van der Waals surface area contributed by atoms with Crippen LogP contribution in [-0.4, -0.2) is 45.3 Å². The maximum atomic E-state index is 12.1. The van der Waals surface area contributed by atoms with Crippen molar-refractivity contribution in [1.82, 2.24) is 9.97 Å². The molecule has 5 aliphatic rings. The van der Waals surface area contributed by atoms with E-state index in [1.165, 1.54) is 12.6 Å². The monoisotopic (exact) mass is 448 g/mol. The Morgan fingerprint density at radius 3 is 2.94 bits per heavy atom. The molecular weight excluding hydrogens is 420 g/mol. The average Bonchev–Trinajstić information content (AvgIpc) is 3.03. The Bertz CT molecular complexity index is 1190. The number of nitrogens with zero attached hydrogens (tertiary/aromatic N) is 2. The molecule has 1 spiro atoms. The number of nitrogens with one attached hydrogen (secondary N) is 3. The van der Waals surface area contributed by atoms with Crippen molar-refractivity contribution in [3.8, 4) is 5.75 Å². The zero-order valence-corrected chi connectivity index (χ0v) is 18.4. The first-order valence-corrected chi connectivity index (χ1v) is 11.9. The fourth-order valence-corrected chi connectivity index (χ4v) is 7.77. The minimum Gasteiger partial charge on any atom is -0.491 e. The van der Waals surface area contributed by atoms with Crippen LogP contribution < -0.4 is 26.4 Å². The molecule has 6 N–H and O–H groups in total. The standard InChI is InChI=1S/C24H28N6O3/c25-19(31)16-10-27-21(28-15-2-3-18-17(7-15)26-4-1-5-33-18)29-20(16)30-22-8-13-6-14-9-23(32,11-22)24(13,14)12-22/h2-3,7,10,13-14,26,32H,1,4-6,8-9,11-12H2,(H2,25,31)(H2,27,28,29,30). The molecule has 1 aromatic carbocycles. The van der Waals surface area contributed by atoms with Gasteiger partial charge in [0.05, 0.1) is 23.5 Å². The van der Waals surface area contributed by atoms with Crippen LogP contribution in [0.4, 0.5) is 23.1 Å². The van der Waals surface area contributed by atoms with Gasteiger partial charge >= 0.3 is 0 Å². The number of hydrogen-bond acceptors (Lipinski definition) is 8. The quantitative estimate of drug-likeness (QED) is 0.471. The Hall–Kier alpha value is -3.07. The molecule has 7 rings (SSSR count). The summed E-state index contributed by atoms with van der Waals surface area (Å²) in [6.45, 7) is 1.55. The largest absolute Gasteiger partial charge is 0.491 e. The first-order valence-electron chi connectivity index (χ1n) is 11.9. The molecule has 2 bridgehead atoms. The molecule has 1 aliphatic heterocycles. The van der Waals surface area contributed by atoms with Crippen LogP contribution in [0.15, 0.2) is 24.4 Å². The lowest BCUT2D eigenvalue weighted by Gasteiger charge is -2.70. The van der Waals surface area contributed by atoms with E-state index < -0.39 is 11.5 Å². The summed E-state index contributed by atoms with van der Waals surface area (Å²) >= 11 is 0. The predicted molar refractivity (Wildman–Crippen MR) is 123 cm³/mol. The summed E-state index contributed by atoms with van der Waals surface area (Å²) in [6.07, 6.45) is 7.19. The molecule has 4 aliphatic carbocycles. The van der Waals surface area contributed by atoms with Crippen molar-refractivity contribution in [3.05, 3.63) is 30.0 Å². The molecule has 172 valence electrons. The molecule has 9 nitrogen and oxygen atoms in total. The molecule has 33 heavy (non-hydrogen) atoms. The van der Waals surface area contributed by atoms with Crippen LogP contribution in [0, 0.1) is 17.3 Å². The normalized spacial score (nSPS) is 36.8. The van der Waals surface area contributed by atoms with Gasteiger partial charge in [-0.15, -0.1) is 0 Å². The minimum atomic E-state index is -0.566. The van der Waals surface area contributed by atoms with Gasteiger partial charge in [-0.05, 0) is 68.6 Å². The van der Waals surface area contributed by atoms with E-state index in [0.29, 0.717) is 36.6 Å². The number of carbonyl (C=O) groups excluding carboxylic acids is 1. The van der Waals surface area contributed by atoms with Crippen molar-refractivity contribution in [2.75, 3.05) is 29.1 Å². The smallest absolute Gasteiger partial charge is 0.254 e. The van der Waals surface area contributed by atoms with Gasteiger partial charge < -0.3 is 31.5 Å². The number of ether oxygens (including phenoxy) is 1. The second-order valence-electron chi connectivity index (χ2n) is 10.7. The molecule has 1 amide bonds. The number of amides is 1. The second-order valence-corrected chi connectivity index (χ2v) is 10.7. The van der Waals surface area contributed by atoms with Crippen molar-refractivity contribution >= 4 is 29.0 Å². The van der Waals surface area contributed by atoms with E-state index in [-0.39, 0.29) is 16.5 Å². The summed E-state index contributed by atoms with van der Waals surface area (Å²) < 4.78 is 5.76. The fourth-order valence-electron chi connectivity index (χ4n) is 7.77. The minimum absolute atomic E-state index is 0.0813. The van der Waals surface area contributed by atoms with Crippen molar-refractivity contribution < 1.29 is 14.6 Å². The Balaban J connectivity index is 1.18. The summed E-state index contributed by atoms with van der Waals surface area (Å²) in [5.74, 6) is 2.30. The van der Waals surface area contributed by atoms with Crippen LogP contribution in [0.5, 0.6) is 5.75 Å². The van der Waals surface area contributed by atoms with E-state index in [1.807, 2.05) is 18.2 Å². The summed E-state index contributed by atoms with van der Waals surface area (Å²) in [5.41, 5.74) is 6.94. The third kappa shape index (κ3) is 2.54. The van der Waals surface area contributed by atoms with Crippen LogP contribution in [0.25, 0.3) is 0 Å². The lowest BCUT2D eigenvalue weighted by atomic mass is 9.36. The Kier molecular flexibility index (Phi) is 3.69. The molecule has 0 radical (unpaired) electrons. The van der Waals surface area contributed by atoms with Crippen molar-refractivity contribution in [3.63, 3.8) is 0 Å². The van der Waals surface area contributed by atoms with Gasteiger partial charge in [-0.2, -0.15) is 4.98 Å². The summed E-state index contributed by atoms with van der Waals surface area (Å²) in [7, 11) is 0. The second kappa shape index (κ2) is 6.28. The Morgan fingerprint density at radius 2 is 2.15 bits per heavy atom. The molecule has 0 saturated heterocycles. The molecule has 5 atom stereocenters. The summed E-state index contributed by atoms with van der Waals surface area (Å²) in [5, 5.41) is 21.4. The highest BCUT2D eigenvalue weighted by molar-refractivity contribution is 5.97. The zero-order chi connectivity index (χ0) is 22.4. The predicted octanol–water partition coefficient (Wildman–Crippen LogP) is 2.62. The summed E-state index contributed by atoms with van der Waals surface area (Å²) in [4.78, 5) is 21.1. The number of aliphatic hydroxyl groups is 1. The third-order valence-corrected chi connectivity index (χ3v) is 8.94. The number of rotatable bonds is 5. The van der Waals surface area contributed by atoms with Gasteiger partial charge in [0.2, 0.25) is 5.95 Å². The number of nitrogens with two attached hydrogens (primary N) is 1. The topological polar surface area (TPSA) is 134 Å². The van der Waals surface area contributed by atoms with Gasteiger partial charge in [0.1, 0.15) is 11.6 Å². The Morgan fingerprint density at radius 1 is 1.27 bits per heavy atom. The van der Waals surface area contributed by atoms with Crippen molar-refractivity contribution in [2.24, 2.45) is 23.0 Å².